The second-order valence-electron chi connectivity index (χ2n) is 6.32. The van der Waals surface area contributed by atoms with Gasteiger partial charge in [-0.05, 0) is 43.2 Å². The van der Waals surface area contributed by atoms with E-state index in [9.17, 15) is 4.79 Å². The van der Waals surface area contributed by atoms with E-state index in [2.05, 4.69) is 21.3 Å². The van der Waals surface area contributed by atoms with Gasteiger partial charge in [-0.15, -0.1) is 0 Å². The quantitative estimate of drug-likeness (QED) is 0.865. The number of nitrogens with zero attached hydrogens (tertiary/aromatic N) is 3. The van der Waals surface area contributed by atoms with Crippen LogP contribution in [0.1, 0.15) is 34.8 Å². The van der Waals surface area contributed by atoms with Gasteiger partial charge in [0.2, 0.25) is 5.88 Å². The number of hydrogen-bond donors (Lipinski definition) is 1. The van der Waals surface area contributed by atoms with E-state index in [0.29, 0.717) is 23.6 Å². The van der Waals surface area contributed by atoms with Gasteiger partial charge in [-0.1, -0.05) is 6.07 Å². The van der Waals surface area contributed by atoms with Crippen molar-refractivity contribution in [2.75, 3.05) is 19.7 Å². The molecule has 6 nitrogen and oxygen atoms in total. The summed E-state index contributed by atoms with van der Waals surface area (Å²) in [7, 11) is 0. The first-order valence-corrected chi connectivity index (χ1v) is 8.79. The maximum absolute atomic E-state index is 12.3. The molecule has 1 aromatic heterocycles. The van der Waals surface area contributed by atoms with Crippen LogP contribution >= 0.6 is 0 Å². The Kier molecular flexibility index (Phi) is 5.82. The lowest BCUT2D eigenvalue weighted by molar-refractivity contribution is 0.0937. The van der Waals surface area contributed by atoms with Gasteiger partial charge in [0.1, 0.15) is 0 Å². The van der Waals surface area contributed by atoms with Crippen LogP contribution in [0.15, 0.2) is 42.6 Å². The van der Waals surface area contributed by atoms with Gasteiger partial charge in [0.05, 0.1) is 18.2 Å². The zero-order valence-electron chi connectivity index (χ0n) is 14.8. The molecule has 6 heteroatoms. The highest BCUT2D eigenvalue weighted by atomic mass is 16.5. The molecule has 26 heavy (non-hydrogen) atoms. The van der Waals surface area contributed by atoms with Crippen molar-refractivity contribution >= 4 is 5.91 Å². The van der Waals surface area contributed by atoms with Gasteiger partial charge < -0.3 is 10.1 Å². The van der Waals surface area contributed by atoms with E-state index < -0.39 is 0 Å². The molecule has 1 aliphatic heterocycles. The summed E-state index contributed by atoms with van der Waals surface area (Å²) in [5.74, 6) is 0.550. The maximum Gasteiger partial charge on any atom is 0.251 e. The fraction of sp³-hybridized carbons (Fsp3) is 0.350. The average Bonchev–Trinajstić information content (AvgIpc) is 3.10. The summed E-state index contributed by atoms with van der Waals surface area (Å²) >= 11 is 0. The lowest BCUT2D eigenvalue weighted by Gasteiger charge is -2.17. The summed E-state index contributed by atoms with van der Waals surface area (Å²) < 4.78 is 5.36. The summed E-state index contributed by atoms with van der Waals surface area (Å²) in [6, 6.07) is 12.8. The normalized spacial score (nSPS) is 16.8. The van der Waals surface area contributed by atoms with E-state index in [-0.39, 0.29) is 11.9 Å². The van der Waals surface area contributed by atoms with Gasteiger partial charge in [-0.3, -0.25) is 9.69 Å². The largest absolute Gasteiger partial charge is 0.478 e. The Morgan fingerprint density at radius 2 is 2.15 bits per heavy atom. The number of nitriles is 1. The molecule has 1 unspecified atom stereocenters. The molecule has 1 fully saturated rings. The molecule has 1 atom stereocenters. The number of aromatic nitrogens is 1. The van der Waals surface area contributed by atoms with Crippen molar-refractivity contribution in [2.45, 2.75) is 25.9 Å². The highest BCUT2D eigenvalue weighted by Crippen LogP contribution is 2.15. The molecule has 0 spiro atoms. The Hall–Kier alpha value is -2.91. The Morgan fingerprint density at radius 3 is 2.81 bits per heavy atom. The molecule has 1 aliphatic rings. The molecular weight excluding hydrogens is 328 g/mol. The minimum atomic E-state index is -0.0935. The number of pyridine rings is 1. The summed E-state index contributed by atoms with van der Waals surface area (Å²) in [6.45, 7) is 5.11. The van der Waals surface area contributed by atoms with E-state index in [1.165, 1.54) is 0 Å². The first kappa shape index (κ1) is 17.9. The van der Waals surface area contributed by atoms with Crippen molar-refractivity contribution in [3.63, 3.8) is 0 Å². The van der Waals surface area contributed by atoms with Gasteiger partial charge >= 0.3 is 0 Å². The summed E-state index contributed by atoms with van der Waals surface area (Å²) in [6.07, 6.45) is 2.76. The minimum Gasteiger partial charge on any atom is -0.478 e. The predicted molar refractivity (Wildman–Crippen MR) is 97.7 cm³/mol. The van der Waals surface area contributed by atoms with Gasteiger partial charge in [-0.2, -0.15) is 5.26 Å². The van der Waals surface area contributed by atoms with Crippen molar-refractivity contribution in [3.05, 3.63) is 59.3 Å². The number of carbonyl (C=O) groups is 1. The number of rotatable bonds is 6. The standard InChI is InChI=1S/C20H22N4O2/c1-2-26-19-8-5-16(12-22-19)13-24-10-9-18(14-24)23-20(25)17-6-3-15(11-21)4-7-17/h3-8,12,18H,2,9-10,13-14H2,1H3,(H,23,25). The average molecular weight is 350 g/mol. The smallest absolute Gasteiger partial charge is 0.251 e. The topological polar surface area (TPSA) is 78.2 Å². The first-order valence-electron chi connectivity index (χ1n) is 8.79. The van der Waals surface area contributed by atoms with Crippen LogP contribution in [0.3, 0.4) is 0 Å². The molecule has 3 rings (SSSR count). The van der Waals surface area contributed by atoms with Crippen molar-refractivity contribution in [3.8, 4) is 11.9 Å². The molecule has 0 aliphatic carbocycles. The molecule has 2 heterocycles. The molecule has 0 saturated carbocycles. The number of amides is 1. The number of likely N-dealkylation sites (tertiary alicyclic amines) is 1. The third-order valence-corrected chi connectivity index (χ3v) is 4.38. The number of ether oxygens (including phenoxy) is 1. The van der Waals surface area contributed by atoms with Gasteiger partial charge in [-0.25, -0.2) is 4.98 Å². The van der Waals surface area contributed by atoms with Crippen molar-refractivity contribution in [2.24, 2.45) is 0 Å². The van der Waals surface area contributed by atoms with Crippen LogP contribution in [0.5, 0.6) is 5.88 Å². The Bertz CT molecular complexity index is 781. The Morgan fingerprint density at radius 1 is 1.35 bits per heavy atom. The van der Waals surface area contributed by atoms with Gasteiger partial charge in [0.25, 0.3) is 5.91 Å². The van der Waals surface area contributed by atoms with E-state index in [4.69, 9.17) is 10.00 Å². The first-order chi connectivity index (χ1) is 12.7. The lowest BCUT2D eigenvalue weighted by Crippen LogP contribution is -2.37. The van der Waals surface area contributed by atoms with Crippen molar-refractivity contribution in [1.29, 1.82) is 5.26 Å². The molecular formula is C20H22N4O2. The molecule has 2 aromatic rings. The van der Waals surface area contributed by atoms with Crippen LogP contribution in [-0.2, 0) is 6.54 Å². The minimum absolute atomic E-state index is 0.0935. The fourth-order valence-electron chi connectivity index (χ4n) is 3.05. The second kappa shape index (κ2) is 8.45. The molecule has 1 aromatic carbocycles. The van der Waals surface area contributed by atoms with Crippen LogP contribution in [0, 0.1) is 11.3 Å². The monoisotopic (exact) mass is 350 g/mol. The van der Waals surface area contributed by atoms with E-state index in [1.807, 2.05) is 25.3 Å². The number of benzene rings is 1. The maximum atomic E-state index is 12.3. The molecule has 0 radical (unpaired) electrons. The Labute approximate surface area is 153 Å². The van der Waals surface area contributed by atoms with Gasteiger partial charge in [0, 0.05) is 43.5 Å². The third kappa shape index (κ3) is 4.58. The van der Waals surface area contributed by atoms with E-state index in [0.717, 1.165) is 31.6 Å². The fourth-order valence-corrected chi connectivity index (χ4v) is 3.05. The third-order valence-electron chi connectivity index (χ3n) is 4.38. The highest BCUT2D eigenvalue weighted by Gasteiger charge is 2.24. The molecule has 1 amide bonds. The summed E-state index contributed by atoms with van der Waals surface area (Å²) in [5, 5.41) is 11.9. The molecule has 134 valence electrons. The Balaban J connectivity index is 1.50. The molecule has 0 bridgehead atoms. The van der Waals surface area contributed by atoms with Crippen LogP contribution in [0.25, 0.3) is 0 Å². The number of carbonyl (C=O) groups excluding carboxylic acids is 1. The lowest BCUT2D eigenvalue weighted by atomic mass is 10.1. The predicted octanol–water partition coefficient (Wildman–Crippen LogP) is 2.36. The molecule has 1 saturated heterocycles. The van der Waals surface area contributed by atoms with Crippen LogP contribution < -0.4 is 10.1 Å². The van der Waals surface area contributed by atoms with Crippen LogP contribution in [0.4, 0.5) is 0 Å². The SMILES string of the molecule is CCOc1ccc(CN2CCC(NC(=O)c3ccc(C#N)cc3)C2)cn1. The van der Waals surface area contributed by atoms with E-state index >= 15 is 0 Å². The van der Waals surface area contributed by atoms with E-state index in [1.54, 1.807) is 24.3 Å². The van der Waals surface area contributed by atoms with Gasteiger partial charge in [0.15, 0.2) is 0 Å². The highest BCUT2D eigenvalue weighted by molar-refractivity contribution is 5.94. The zero-order chi connectivity index (χ0) is 18.4. The number of hydrogen-bond acceptors (Lipinski definition) is 5. The van der Waals surface area contributed by atoms with Crippen LogP contribution in [-0.4, -0.2) is 41.5 Å². The van der Waals surface area contributed by atoms with Crippen molar-refractivity contribution in [1.82, 2.24) is 15.2 Å². The zero-order valence-corrected chi connectivity index (χ0v) is 14.8. The molecule has 1 N–H and O–H groups in total. The van der Waals surface area contributed by atoms with Crippen molar-refractivity contribution < 1.29 is 9.53 Å². The summed E-state index contributed by atoms with van der Waals surface area (Å²) in [5.41, 5.74) is 2.27. The summed E-state index contributed by atoms with van der Waals surface area (Å²) in [4.78, 5) is 18.9. The number of nitrogens with one attached hydrogen (secondary N) is 1. The van der Waals surface area contributed by atoms with Crippen LogP contribution in [0.2, 0.25) is 0 Å². The second-order valence-corrected chi connectivity index (χ2v) is 6.32.